The Hall–Kier alpha value is -2.89. The Morgan fingerprint density at radius 2 is 2.04 bits per heavy atom. The molecule has 0 aliphatic rings. The molecule has 1 heterocycles. The number of ketones is 1. The van der Waals surface area contributed by atoms with Gasteiger partial charge in [0.2, 0.25) is 5.88 Å². The van der Waals surface area contributed by atoms with Crippen LogP contribution in [0.25, 0.3) is 0 Å². The van der Waals surface area contributed by atoms with Crippen LogP contribution >= 0.6 is 0 Å². The summed E-state index contributed by atoms with van der Waals surface area (Å²) in [6.07, 6.45) is 0.438. The number of pyridine rings is 1. The number of nitrogens with zero attached hydrogens (tertiary/aromatic N) is 1. The number of carbonyl (C=O) groups is 2. The average molecular weight is 314 g/mol. The summed E-state index contributed by atoms with van der Waals surface area (Å²) in [6.45, 7) is 3.83. The molecule has 2 N–H and O–H groups in total. The second kappa shape index (κ2) is 7.40. The van der Waals surface area contributed by atoms with Crippen LogP contribution in [0, 0.1) is 6.92 Å². The van der Waals surface area contributed by atoms with E-state index >= 15 is 0 Å². The van der Waals surface area contributed by atoms with Crippen molar-refractivity contribution in [2.45, 2.75) is 20.3 Å². The molecule has 2 aromatic rings. The van der Waals surface area contributed by atoms with Crippen molar-refractivity contribution in [2.24, 2.45) is 0 Å². The maximum atomic E-state index is 11.2. The quantitative estimate of drug-likeness (QED) is 0.815. The first-order chi connectivity index (χ1) is 11.0. The molecular weight excluding hydrogens is 296 g/mol. The lowest BCUT2D eigenvalue weighted by atomic mass is 10.2. The Labute approximate surface area is 134 Å². The molecule has 6 heteroatoms. The summed E-state index contributed by atoms with van der Waals surface area (Å²) in [5, 5.41) is 12.3. The van der Waals surface area contributed by atoms with Gasteiger partial charge in [-0.15, -0.1) is 0 Å². The van der Waals surface area contributed by atoms with Gasteiger partial charge in [0.15, 0.2) is 0 Å². The van der Waals surface area contributed by atoms with Crippen molar-refractivity contribution in [1.82, 2.24) is 4.98 Å². The minimum atomic E-state index is -1.09. The highest BCUT2D eigenvalue weighted by Gasteiger charge is 2.14. The SMILES string of the molecule is CC(=O)CCNc1cccc(Oc2nc(C)ccc2C(=O)O)c1. The number of anilines is 1. The van der Waals surface area contributed by atoms with Crippen LogP contribution in [-0.2, 0) is 4.79 Å². The maximum Gasteiger partial charge on any atom is 0.341 e. The topological polar surface area (TPSA) is 88.5 Å². The molecule has 120 valence electrons. The van der Waals surface area contributed by atoms with Gasteiger partial charge >= 0.3 is 5.97 Å². The fraction of sp³-hybridized carbons (Fsp3) is 0.235. The highest BCUT2D eigenvalue weighted by molar-refractivity contribution is 5.90. The second-order valence-corrected chi connectivity index (χ2v) is 5.12. The standard InChI is InChI=1S/C17H18N2O4/c1-11-6-7-15(17(21)22)16(19-11)23-14-5-3-4-13(10-14)18-9-8-12(2)20/h3-7,10,18H,8-9H2,1-2H3,(H,21,22). The van der Waals surface area contributed by atoms with Gasteiger partial charge < -0.3 is 15.2 Å². The molecule has 0 spiro atoms. The molecular formula is C17H18N2O4. The Morgan fingerprint density at radius 1 is 1.26 bits per heavy atom. The number of carbonyl (C=O) groups excluding carboxylic acids is 1. The number of carboxylic acid groups (broad SMARTS) is 1. The molecule has 23 heavy (non-hydrogen) atoms. The number of ether oxygens (including phenoxy) is 1. The number of rotatable bonds is 7. The fourth-order valence-electron chi connectivity index (χ4n) is 1.94. The number of Topliss-reactive ketones (excluding diaryl/α,β-unsaturated/α-hetero) is 1. The lowest BCUT2D eigenvalue weighted by Gasteiger charge is -2.10. The molecule has 0 fully saturated rings. The third-order valence-electron chi connectivity index (χ3n) is 3.08. The van der Waals surface area contributed by atoms with E-state index in [2.05, 4.69) is 10.3 Å². The minimum absolute atomic E-state index is 0.00513. The lowest BCUT2D eigenvalue weighted by molar-refractivity contribution is -0.116. The van der Waals surface area contributed by atoms with Crippen LogP contribution in [0.2, 0.25) is 0 Å². The van der Waals surface area contributed by atoms with Crippen molar-refractivity contribution in [3.63, 3.8) is 0 Å². The van der Waals surface area contributed by atoms with Gasteiger partial charge in [-0.2, -0.15) is 0 Å². The smallest absolute Gasteiger partial charge is 0.341 e. The molecule has 0 unspecified atom stereocenters. The van der Waals surface area contributed by atoms with Crippen molar-refractivity contribution < 1.29 is 19.4 Å². The van der Waals surface area contributed by atoms with Gasteiger partial charge in [-0.05, 0) is 38.1 Å². The molecule has 0 radical (unpaired) electrons. The Kier molecular flexibility index (Phi) is 5.30. The molecule has 0 aliphatic heterocycles. The van der Waals surface area contributed by atoms with E-state index in [0.29, 0.717) is 24.4 Å². The summed E-state index contributed by atoms with van der Waals surface area (Å²) in [5.74, 6) is -0.458. The van der Waals surface area contributed by atoms with Gasteiger partial charge in [0.1, 0.15) is 17.1 Å². The normalized spacial score (nSPS) is 10.2. The zero-order valence-electron chi connectivity index (χ0n) is 13.0. The molecule has 1 aromatic heterocycles. The van der Waals surface area contributed by atoms with Gasteiger partial charge in [-0.25, -0.2) is 9.78 Å². The van der Waals surface area contributed by atoms with Gasteiger partial charge in [0.25, 0.3) is 0 Å². The van der Waals surface area contributed by atoms with E-state index in [0.717, 1.165) is 5.69 Å². The van der Waals surface area contributed by atoms with Crippen LogP contribution in [0.5, 0.6) is 11.6 Å². The molecule has 0 bridgehead atoms. The van der Waals surface area contributed by atoms with E-state index in [1.54, 1.807) is 31.2 Å². The van der Waals surface area contributed by atoms with E-state index in [1.807, 2.05) is 6.07 Å². The van der Waals surface area contributed by atoms with Gasteiger partial charge in [0, 0.05) is 30.4 Å². The van der Waals surface area contributed by atoms with Crippen molar-refractivity contribution in [3.8, 4) is 11.6 Å². The highest BCUT2D eigenvalue weighted by atomic mass is 16.5. The predicted molar refractivity (Wildman–Crippen MR) is 86.2 cm³/mol. The summed E-state index contributed by atoms with van der Waals surface area (Å²) in [5.41, 5.74) is 1.46. The molecule has 0 amide bonds. The summed E-state index contributed by atoms with van der Waals surface area (Å²) in [4.78, 5) is 26.3. The number of nitrogens with one attached hydrogen (secondary N) is 1. The van der Waals surface area contributed by atoms with Crippen molar-refractivity contribution in [3.05, 3.63) is 47.7 Å². The van der Waals surface area contributed by atoms with Crippen LogP contribution in [0.3, 0.4) is 0 Å². The van der Waals surface area contributed by atoms with E-state index in [4.69, 9.17) is 4.74 Å². The highest BCUT2D eigenvalue weighted by Crippen LogP contribution is 2.26. The maximum absolute atomic E-state index is 11.2. The zero-order chi connectivity index (χ0) is 16.8. The average Bonchev–Trinajstić information content (AvgIpc) is 2.47. The summed E-state index contributed by atoms with van der Waals surface area (Å²) in [7, 11) is 0. The number of benzene rings is 1. The Morgan fingerprint density at radius 3 is 2.74 bits per heavy atom. The van der Waals surface area contributed by atoms with Crippen molar-refractivity contribution in [1.29, 1.82) is 0 Å². The molecule has 0 atom stereocenters. The first kappa shape index (κ1) is 16.5. The van der Waals surface area contributed by atoms with Crippen molar-refractivity contribution in [2.75, 3.05) is 11.9 Å². The first-order valence-electron chi connectivity index (χ1n) is 7.18. The molecule has 0 aliphatic carbocycles. The first-order valence-corrected chi connectivity index (χ1v) is 7.18. The molecule has 0 saturated heterocycles. The predicted octanol–water partition coefficient (Wildman–Crippen LogP) is 3.27. The third kappa shape index (κ3) is 4.81. The molecule has 6 nitrogen and oxygen atoms in total. The van der Waals surface area contributed by atoms with Crippen LogP contribution in [-0.4, -0.2) is 28.4 Å². The van der Waals surface area contributed by atoms with E-state index in [9.17, 15) is 14.7 Å². The number of aromatic carboxylic acids is 1. The van der Waals surface area contributed by atoms with Crippen LogP contribution in [0.1, 0.15) is 29.4 Å². The third-order valence-corrected chi connectivity index (χ3v) is 3.08. The van der Waals surface area contributed by atoms with Crippen molar-refractivity contribution >= 4 is 17.4 Å². The molecule has 0 saturated carbocycles. The number of aromatic nitrogens is 1. The number of hydrogen-bond donors (Lipinski definition) is 2. The number of hydrogen-bond acceptors (Lipinski definition) is 5. The summed E-state index contributed by atoms with van der Waals surface area (Å²) in [6, 6.07) is 10.2. The van der Waals surface area contributed by atoms with Gasteiger partial charge in [-0.3, -0.25) is 4.79 Å². The monoisotopic (exact) mass is 314 g/mol. The minimum Gasteiger partial charge on any atom is -0.477 e. The van der Waals surface area contributed by atoms with Crippen LogP contribution < -0.4 is 10.1 Å². The Bertz CT molecular complexity index is 728. The van der Waals surface area contributed by atoms with E-state index < -0.39 is 5.97 Å². The van der Waals surface area contributed by atoms with Crippen LogP contribution in [0.4, 0.5) is 5.69 Å². The Balaban J connectivity index is 2.16. The van der Waals surface area contributed by atoms with E-state index in [1.165, 1.54) is 13.0 Å². The number of aryl methyl sites for hydroxylation is 1. The summed E-state index contributed by atoms with van der Waals surface area (Å²) >= 11 is 0. The van der Waals surface area contributed by atoms with Gasteiger partial charge in [0.05, 0.1) is 0 Å². The number of carboxylic acids is 1. The largest absolute Gasteiger partial charge is 0.477 e. The molecule has 2 rings (SSSR count). The lowest BCUT2D eigenvalue weighted by Crippen LogP contribution is -2.06. The molecule has 1 aromatic carbocycles. The van der Waals surface area contributed by atoms with E-state index in [-0.39, 0.29) is 17.2 Å². The summed E-state index contributed by atoms with van der Waals surface area (Å²) < 4.78 is 5.62. The van der Waals surface area contributed by atoms with Crippen LogP contribution in [0.15, 0.2) is 36.4 Å². The second-order valence-electron chi connectivity index (χ2n) is 5.12. The van der Waals surface area contributed by atoms with Gasteiger partial charge in [-0.1, -0.05) is 6.07 Å². The fourth-order valence-corrected chi connectivity index (χ4v) is 1.94. The zero-order valence-corrected chi connectivity index (χ0v) is 13.0.